The van der Waals surface area contributed by atoms with E-state index in [1.165, 1.54) is 0 Å². The van der Waals surface area contributed by atoms with Crippen LogP contribution in [-0.2, 0) is 4.79 Å². The van der Waals surface area contributed by atoms with Gasteiger partial charge in [0.2, 0.25) is 0 Å². The third-order valence-electron chi connectivity index (χ3n) is 2.55. The van der Waals surface area contributed by atoms with E-state index in [1.54, 1.807) is 24.3 Å². The molecule has 2 amide bonds. The highest BCUT2D eigenvalue weighted by molar-refractivity contribution is 5.90. The Hall–Kier alpha value is -2.28. The topological polar surface area (TPSA) is 99.7 Å². The Kier molecular flexibility index (Phi) is 7.67. The zero-order chi connectivity index (χ0) is 15.5. The lowest BCUT2D eigenvalue weighted by atomic mass is 10.3. The SMILES string of the molecule is CCNCCCNC(=O)Nc1ccccc1OCC(=O)O. The van der Waals surface area contributed by atoms with Gasteiger partial charge in [-0.3, -0.25) is 0 Å². The first-order chi connectivity index (χ1) is 10.1. The highest BCUT2D eigenvalue weighted by Gasteiger charge is 2.08. The number of benzene rings is 1. The zero-order valence-corrected chi connectivity index (χ0v) is 12.0. The van der Waals surface area contributed by atoms with E-state index in [1.807, 2.05) is 6.92 Å². The second-order valence-corrected chi connectivity index (χ2v) is 4.27. The third kappa shape index (κ3) is 7.17. The van der Waals surface area contributed by atoms with E-state index in [0.717, 1.165) is 19.5 Å². The van der Waals surface area contributed by atoms with Crippen molar-refractivity contribution < 1.29 is 19.4 Å². The molecule has 0 aromatic heterocycles. The van der Waals surface area contributed by atoms with Crippen molar-refractivity contribution in [3.8, 4) is 5.75 Å². The lowest BCUT2D eigenvalue weighted by Crippen LogP contribution is -2.31. The predicted molar refractivity (Wildman–Crippen MR) is 79.8 cm³/mol. The van der Waals surface area contributed by atoms with Crippen molar-refractivity contribution in [2.45, 2.75) is 13.3 Å². The zero-order valence-electron chi connectivity index (χ0n) is 12.0. The molecular formula is C14H21N3O4. The van der Waals surface area contributed by atoms with Crippen LogP contribution >= 0.6 is 0 Å². The van der Waals surface area contributed by atoms with E-state index in [9.17, 15) is 9.59 Å². The number of ether oxygens (including phenoxy) is 1. The maximum absolute atomic E-state index is 11.7. The van der Waals surface area contributed by atoms with Gasteiger partial charge in [0.25, 0.3) is 0 Å². The molecule has 116 valence electrons. The van der Waals surface area contributed by atoms with E-state index in [2.05, 4.69) is 16.0 Å². The van der Waals surface area contributed by atoms with E-state index in [4.69, 9.17) is 9.84 Å². The second-order valence-electron chi connectivity index (χ2n) is 4.27. The smallest absolute Gasteiger partial charge is 0.341 e. The summed E-state index contributed by atoms with van der Waals surface area (Å²) in [6, 6.07) is 6.34. The minimum absolute atomic E-state index is 0.322. The molecular weight excluding hydrogens is 274 g/mol. The minimum atomic E-state index is -1.07. The molecule has 1 aromatic rings. The van der Waals surface area contributed by atoms with Crippen LogP contribution in [0.2, 0.25) is 0 Å². The quantitative estimate of drug-likeness (QED) is 0.514. The number of carbonyl (C=O) groups is 2. The number of carboxylic acid groups (broad SMARTS) is 1. The van der Waals surface area contributed by atoms with Gasteiger partial charge in [0.1, 0.15) is 5.75 Å². The van der Waals surface area contributed by atoms with Crippen LogP contribution in [0.4, 0.5) is 10.5 Å². The summed E-state index contributed by atoms with van der Waals surface area (Å²) in [7, 11) is 0. The highest BCUT2D eigenvalue weighted by Crippen LogP contribution is 2.23. The van der Waals surface area contributed by atoms with Crippen molar-refractivity contribution in [3.63, 3.8) is 0 Å². The number of carbonyl (C=O) groups excluding carboxylic acids is 1. The number of hydrogen-bond acceptors (Lipinski definition) is 4. The summed E-state index contributed by atoms with van der Waals surface area (Å²) in [5.41, 5.74) is 0.433. The first-order valence-electron chi connectivity index (χ1n) is 6.82. The van der Waals surface area contributed by atoms with Gasteiger partial charge in [0.15, 0.2) is 6.61 Å². The summed E-state index contributed by atoms with van der Waals surface area (Å²) in [5.74, 6) is -0.750. The highest BCUT2D eigenvalue weighted by atomic mass is 16.5. The van der Waals surface area contributed by atoms with Gasteiger partial charge in [-0.2, -0.15) is 0 Å². The summed E-state index contributed by atoms with van der Waals surface area (Å²) in [6.45, 7) is 3.86. The number of rotatable bonds is 9. The molecule has 0 bridgehead atoms. The molecule has 0 aliphatic heterocycles. The van der Waals surface area contributed by atoms with Gasteiger partial charge in [-0.05, 0) is 31.6 Å². The molecule has 0 spiro atoms. The Labute approximate surface area is 123 Å². The molecule has 7 heteroatoms. The Morgan fingerprint density at radius 1 is 1.24 bits per heavy atom. The maximum Gasteiger partial charge on any atom is 0.341 e. The van der Waals surface area contributed by atoms with Crippen molar-refractivity contribution in [2.24, 2.45) is 0 Å². The molecule has 0 saturated carbocycles. The monoisotopic (exact) mass is 295 g/mol. The van der Waals surface area contributed by atoms with Gasteiger partial charge in [-0.25, -0.2) is 9.59 Å². The standard InChI is InChI=1S/C14H21N3O4/c1-2-15-8-5-9-16-14(20)17-11-6-3-4-7-12(11)21-10-13(18)19/h3-4,6-7,15H,2,5,8-10H2,1H3,(H,18,19)(H2,16,17,20). The van der Waals surface area contributed by atoms with Crippen molar-refractivity contribution >= 4 is 17.7 Å². The van der Waals surface area contributed by atoms with Crippen molar-refractivity contribution in [3.05, 3.63) is 24.3 Å². The van der Waals surface area contributed by atoms with Gasteiger partial charge >= 0.3 is 12.0 Å². The van der Waals surface area contributed by atoms with Crippen LogP contribution in [0, 0.1) is 0 Å². The number of carboxylic acids is 1. The Bertz CT molecular complexity index is 465. The molecule has 0 aliphatic rings. The second kappa shape index (κ2) is 9.60. The molecule has 0 fully saturated rings. The number of para-hydroxylation sites is 2. The van der Waals surface area contributed by atoms with Crippen LogP contribution in [0.25, 0.3) is 0 Å². The van der Waals surface area contributed by atoms with Gasteiger partial charge in [0.05, 0.1) is 5.69 Å². The maximum atomic E-state index is 11.7. The first-order valence-corrected chi connectivity index (χ1v) is 6.82. The average Bonchev–Trinajstić information content (AvgIpc) is 2.46. The largest absolute Gasteiger partial charge is 0.480 e. The molecule has 0 radical (unpaired) electrons. The summed E-state index contributed by atoms with van der Waals surface area (Å²) in [5, 5.41) is 17.1. The molecule has 0 saturated heterocycles. The van der Waals surface area contributed by atoms with Crippen LogP contribution in [0.1, 0.15) is 13.3 Å². The molecule has 4 N–H and O–H groups in total. The summed E-state index contributed by atoms with van der Waals surface area (Å²) in [6.07, 6.45) is 0.832. The van der Waals surface area contributed by atoms with Gasteiger partial charge < -0.3 is 25.8 Å². The molecule has 1 aromatic carbocycles. The molecule has 7 nitrogen and oxygen atoms in total. The molecule has 0 unspecified atom stereocenters. The normalized spacial score (nSPS) is 9.95. The number of hydrogen-bond donors (Lipinski definition) is 4. The lowest BCUT2D eigenvalue weighted by molar-refractivity contribution is -0.139. The van der Waals surface area contributed by atoms with Crippen LogP contribution in [-0.4, -0.2) is 43.3 Å². The van der Waals surface area contributed by atoms with Crippen molar-refractivity contribution in [1.29, 1.82) is 0 Å². The fourth-order valence-electron chi connectivity index (χ4n) is 1.59. The third-order valence-corrected chi connectivity index (χ3v) is 2.55. The van der Waals surface area contributed by atoms with Crippen LogP contribution < -0.4 is 20.7 Å². The van der Waals surface area contributed by atoms with Crippen molar-refractivity contribution in [2.75, 3.05) is 31.6 Å². The van der Waals surface area contributed by atoms with Gasteiger partial charge in [-0.15, -0.1) is 0 Å². The average molecular weight is 295 g/mol. The number of anilines is 1. The van der Waals surface area contributed by atoms with E-state index in [0.29, 0.717) is 18.0 Å². The van der Waals surface area contributed by atoms with Gasteiger partial charge in [0, 0.05) is 6.54 Å². The van der Waals surface area contributed by atoms with E-state index >= 15 is 0 Å². The van der Waals surface area contributed by atoms with E-state index in [-0.39, 0.29) is 6.03 Å². The number of aliphatic carboxylic acids is 1. The van der Waals surface area contributed by atoms with Crippen LogP contribution in [0.3, 0.4) is 0 Å². The summed E-state index contributed by atoms with van der Waals surface area (Å²) < 4.78 is 5.10. The molecule has 1 rings (SSSR count). The molecule has 0 aliphatic carbocycles. The van der Waals surface area contributed by atoms with Crippen LogP contribution in [0.15, 0.2) is 24.3 Å². The molecule has 21 heavy (non-hydrogen) atoms. The first kappa shape index (κ1) is 16.8. The molecule has 0 heterocycles. The Morgan fingerprint density at radius 2 is 2.00 bits per heavy atom. The number of nitrogens with one attached hydrogen (secondary N) is 3. The fourth-order valence-corrected chi connectivity index (χ4v) is 1.59. The number of amides is 2. The minimum Gasteiger partial charge on any atom is -0.480 e. The Morgan fingerprint density at radius 3 is 2.71 bits per heavy atom. The lowest BCUT2D eigenvalue weighted by Gasteiger charge is -2.12. The van der Waals surface area contributed by atoms with Crippen molar-refractivity contribution in [1.82, 2.24) is 10.6 Å². The van der Waals surface area contributed by atoms with E-state index < -0.39 is 12.6 Å². The fraction of sp³-hybridized carbons (Fsp3) is 0.429. The summed E-state index contributed by atoms with van der Waals surface area (Å²) in [4.78, 5) is 22.2. The Balaban J connectivity index is 2.42. The molecule has 0 atom stereocenters. The van der Waals surface area contributed by atoms with Crippen LogP contribution in [0.5, 0.6) is 5.75 Å². The van der Waals surface area contributed by atoms with Gasteiger partial charge in [-0.1, -0.05) is 19.1 Å². The number of urea groups is 1. The summed E-state index contributed by atoms with van der Waals surface area (Å²) >= 11 is 0. The predicted octanol–water partition coefficient (Wildman–Crippen LogP) is 1.27.